The lowest BCUT2D eigenvalue weighted by atomic mass is 10.0. The van der Waals surface area contributed by atoms with Crippen molar-refractivity contribution < 1.29 is 13.9 Å². The third kappa shape index (κ3) is 1.85. The smallest absolute Gasteiger partial charge is 0.270 e. The van der Waals surface area contributed by atoms with Crippen molar-refractivity contribution in [1.82, 2.24) is 4.57 Å². The van der Waals surface area contributed by atoms with Crippen LogP contribution in [-0.2, 0) is 13.0 Å². The number of phenolic OH excluding ortho intramolecular Hbond substituents is 1. The number of nitrogens with zero attached hydrogens (tertiary/aromatic N) is 1. The van der Waals surface area contributed by atoms with E-state index in [1.165, 1.54) is 23.7 Å². The number of rotatable bonds is 1. The summed E-state index contributed by atoms with van der Waals surface area (Å²) in [6, 6.07) is 3.77. The third-order valence-electron chi connectivity index (χ3n) is 3.01. The molecule has 18 heavy (non-hydrogen) atoms. The van der Waals surface area contributed by atoms with Crippen LogP contribution in [0.4, 0.5) is 8.78 Å². The van der Waals surface area contributed by atoms with Crippen LogP contribution in [0.2, 0.25) is 0 Å². The molecule has 5 heteroatoms. The molecule has 0 saturated heterocycles. The van der Waals surface area contributed by atoms with E-state index in [2.05, 4.69) is 0 Å². The van der Waals surface area contributed by atoms with Gasteiger partial charge < -0.3 is 9.67 Å². The molecule has 0 bridgehead atoms. The summed E-state index contributed by atoms with van der Waals surface area (Å²) in [4.78, 5) is 11.7. The first kappa shape index (κ1) is 12.5. The maximum atomic E-state index is 13.3. The molecule has 1 N–H and O–H groups in total. The number of pyridine rings is 1. The molecule has 3 nitrogen and oxygen atoms in total. The molecule has 2 aromatic rings. The fourth-order valence-corrected chi connectivity index (χ4v) is 1.95. The Morgan fingerprint density at radius 1 is 1.28 bits per heavy atom. The van der Waals surface area contributed by atoms with Crippen molar-refractivity contribution in [2.45, 2.75) is 19.8 Å². The molecular formula is C13H13F2NO2. The Kier molecular flexibility index (Phi) is 2.65. The zero-order valence-corrected chi connectivity index (χ0v) is 10.3. The van der Waals surface area contributed by atoms with E-state index in [-0.39, 0.29) is 16.9 Å². The number of hydrogen-bond donors (Lipinski definition) is 1. The molecule has 1 aromatic heterocycles. The van der Waals surface area contributed by atoms with Crippen molar-refractivity contribution >= 4 is 10.9 Å². The van der Waals surface area contributed by atoms with E-state index in [1.54, 1.807) is 6.92 Å². The number of halogens is 2. The number of benzene rings is 1. The Labute approximate surface area is 102 Å². The standard InChI is InChI=1S/C13H13F2NO2/c1-7-4-9-10(16(3)12(7)18)5-8(6-11(9)17)13(2,14)15/h4-6,17H,1-3H3. The molecule has 1 heterocycles. The van der Waals surface area contributed by atoms with E-state index in [1.807, 2.05) is 0 Å². The molecule has 0 aliphatic heterocycles. The van der Waals surface area contributed by atoms with Crippen LogP contribution in [0, 0.1) is 6.92 Å². The summed E-state index contributed by atoms with van der Waals surface area (Å²) in [6.45, 7) is 2.36. The second kappa shape index (κ2) is 3.80. The minimum atomic E-state index is -3.06. The number of phenols is 1. The van der Waals surface area contributed by atoms with Gasteiger partial charge in [-0.2, -0.15) is 0 Å². The van der Waals surface area contributed by atoms with Gasteiger partial charge in [0.05, 0.1) is 5.52 Å². The molecule has 0 unspecified atom stereocenters. The van der Waals surface area contributed by atoms with E-state index in [0.29, 0.717) is 16.5 Å². The molecular weight excluding hydrogens is 240 g/mol. The summed E-state index contributed by atoms with van der Waals surface area (Å²) >= 11 is 0. The van der Waals surface area contributed by atoms with E-state index in [0.717, 1.165) is 13.0 Å². The summed E-state index contributed by atoms with van der Waals surface area (Å²) in [6.07, 6.45) is 0. The Balaban J connectivity index is 2.93. The van der Waals surface area contributed by atoms with Crippen LogP contribution in [0.1, 0.15) is 18.1 Å². The predicted octanol–water partition coefficient (Wildman–Crippen LogP) is 2.66. The second-order valence-electron chi connectivity index (χ2n) is 4.51. The lowest BCUT2D eigenvalue weighted by Crippen LogP contribution is -2.19. The molecule has 0 amide bonds. The molecule has 1 aromatic carbocycles. The molecule has 0 radical (unpaired) electrons. The first-order valence-electron chi connectivity index (χ1n) is 5.43. The van der Waals surface area contributed by atoms with Crippen molar-refractivity contribution in [3.8, 4) is 5.75 Å². The number of aryl methyl sites for hydroxylation is 2. The normalized spacial score (nSPS) is 12.1. The van der Waals surface area contributed by atoms with E-state index in [4.69, 9.17) is 0 Å². The van der Waals surface area contributed by atoms with Gasteiger partial charge in [-0.3, -0.25) is 4.79 Å². The number of fused-ring (bicyclic) bond motifs is 1. The topological polar surface area (TPSA) is 42.2 Å². The minimum absolute atomic E-state index is 0.247. The Hall–Kier alpha value is -1.91. The summed E-state index contributed by atoms with van der Waals surface area (Å²) in [5.74, 6) is -3.31. The van der Waals surface area contributed by atoms with Gasteiger partial charge in [-0.15, -0.1) is 0 Å². The maximum absolute atomic E-state index is 13.3. The van der Waals surface area contributed by atoms with Crippen molar-refractivity contribution in [2.24, 2.45) is 7.05 Å². The van der Waals surface area contributed by atoms with Crippen molar-refractivity contribution in [2.75, 3.05) is 0 Å². The molecule has 0 aliphatic carbocycles. The number of hydrogen-bond acceptors (Lipinski definition) is 2. The first-order chi connectivity index (χ1) is 8.21. The van der Waals surface area contributed by atoms with Gasteiger partial charge in [0.15, 0.2) is 0 Å². The van der Waals surface area contributed by atoms with Crippen molar-refractivity contribution in [3.05, 3.63) is 39.7 Å². The molecule has 0 saturated carbocycles. The highest BCUT2D eigenvalue weighted by Crippen LogP contribution is 2.34. The molecule has 0 aliphatic rings. The van der Waals surface area contributed by atoms with Crippen molar-refractivity contribution in [1.29, 1.82) is 0 Å². The highest BCUT2D eigenvalue weighted by Gasteiger charge is 2.26. The van der Waals surface area contributed by atoms with Gasteiger partial charge in [0.25, 0.3) is 11.5 Å². The van der Waals surface area contributed by atoms with Crippen molar-refractivity contribution in [3.63, 3.8) is 0 Å². The van der Waals surface area contributed by atoms with Crippen LogP contribution in [-0.4, -0.2) is 9.67 Å². The largest absolute Gasteiger partial charge is 0.507 e. The monoisotopic (exact) mass is 253 g/mol. The summed E-state index contributed by atoms with van der Waals surface area (Å²) in [7, 11) is 1.49. The minimum Gasteiger partial charge on any atom is -0.507 e. The van der Waals surface area contributed by atoms with Gasteiger partial charge >= 0.3 is 0 Å². The molecule has 0 spiro atoms. The van der Waals surface area contributed by atoms with E-state index < -0.39 is 5.92 Å². The number of aromatic hydroxyl groups is 1. The van der Waals surface area contributed by atoms with Crippen LogP contribution in [0.15, 0.2) is 23.0 Å². The van der Waals surface area contributed by atoms with Gasteiger partial charge in [-0.1, -0.05) is 0 Å². The highest BCUT2D eigenvalue weighted by molar-refractivity contribution is 5.86. The average Bonchev–Trinajstić information content (AvgIpc) is 2.26. The lowest BCUT2D eigenvalue weighted by molar-refractivity contribution is 0.0174. The summed E-state index contributed by atoms with van der Waals surface area (Å²) in [5.41, 5.74) is 0.170. The lowest BCUT2D eigenvalue weighted by Gasteiger charge is -2.14. The fraction of sp³-hybridized carbons (Fsp3) is 0.308. The van der Waals surface area contributed by atoms with Gasteiger partial charge in [0.2, 0.25) is 0 Å². The summed E-state index contributed by atoms with van der Waals surface area (Å²) < 4.78 is 27.8. The number of aromatic nitrogens is 1. The molecule has 0 fully saturated rings. The quantitative estimate of drug-likeness (QED) is 0.849. The van der Waals surface area contributed by atoms with E-state index >= 15 is 0 Å². The van der Waals surface area contributed by atoms with Gasteiger partial charge in [-0.05, 0) is 25.1 Å². The number of alkyl halides is 2. The van der Waals surface area contributed by atoms with Gasteiger partial charge in [0, 0.05) is 30.5 Å². The first-order valence-corrected chi connectivity index (χ1v) is 5.43. The van der Waals surface area contributed by atoms with E-state index in [9.17, 15) is 18.7 Å². The molecule has 2 rings (SSSR count). The maximum Gasteiger partial charge on any atom is 0.270 e. The fourth-order valence-electron chi connectivity index (χ4n) is 1.95. The van der Waals surface area contributed by atoms with Crippen LogP contribution >= 0.6 is 0 Å². The predicted molar refractivity (Wildman–Crippen MR) is 65.2 cm³/mol. The Morgan fingerprint density at radius 2 is 1.89 bits per heavy atom. The third-order valence-corrected chi connectivity index (χ3v) is 3.01. The van der Waals surface area contributed by atoms with Gasteiger partial charge in [0.1, 0.15) is 5.75 Å². The van der Waals surface area contributed by atoms with Crippen LogP contribution in [0.3, 0.4) is 0 Å². The van der Waals surface area contributed by atoms with Gasteiger partial charge in [-0.25, -0.2) is 8.78 Å². The average molecular weight is 253 g/mol. The molecule has 96 valence electrons. The Morgan fingerprint density at radius 3 is 2.44 bits per heavy atom. The van der Waals surface area contributed by atoms with Crippen LogP contribution < -0.4 is 5.56 Å². The Bertz CT molecular complexity index is 684. The second-order valence-corrected chi connectivity index (χ2v) is 4.51. The SMILES string of the molecule is Cc1cc2c(O)cc(C(C)(F)F)cc2n(C)c1=O. The highest BCUT2D eigenvalue weighted by atomic mass is 19.3. The molecule has 0 atom stereocenters. The zero-order chi connectivity index (χ0) is 13.7. The van der Waals surface area contributed by atoms with Crippen LogP contribution in [0.5, 0.6) is 5.75 Å². The van der Waals surface area contributed by atoms with Crippen LogP contribution in [0.25, 0.3) is 10.9 Å². The zero-order valence-electron chi connectivity index (χ0n) is 10.3. The summed E-state index contributed by atoms with van der Waals surface area (Å²) in [5, 5.41) is 10.2.